The molecule has 0 radical (unpaired) electrons. The highest BCUT2D eigenvalue weighted by Crippen LogP contribution is 2.08. The maximum absolute atomic E-state index is 11.6. The van der Waals surface area contributed by atoms with Gasteiger partial charge in [-0.25, -0.2) is 4.79 Å². The molecular weight excluding hydrogens is 210 g/mol. The van der Waals surface area contributed by atoms with Crippen molar-refractivity contribution in [3.63, 3.8) is 0 Å². The Hall–Kier alpha value is -1.85. The van der Waals surface area contributed by atoms with Crippen molar-refractivity contribution in [2.75, 3.05) is 0 Å². The minimum absolute atomic E-state index is 0.121. The smallest absolute Gasteiger partial charge is 0.326 e. The lowest BCUT2D eigenvalue weighted by atomic mass is 9.99. The van der Waals surface area contributed by atoms with Gasteiger partial charge in [-0.3, -0.25) is 9.89 Å². The van der Waals surface area contributed by atoms with E-state index < -0.39 is 17.9 Å². The fourth-order valence-corrected chi connectivity index (χ4v) is 1.28. The Bertz CT molecular complexity index is 361. The van der Waals surface area contributed by atoms with Crippen molar-refractivity contribution in [3.8, 4) is 0 Å². The van der Waals surface area contributed by atoms with E-state index in [-0.39, 0.29) is 11.6 Å². The van der Waals surface area contributed by atoms with Crippen LogP contribution < -0.4 is 5.32 Å². The van der Waals surface area contributed by atoms with Crippen LogP contribution in [0.5, 0.6) is 0 Å². The van der Waals surface area contributed by atoms with Crippen LogP contribution in [-0.4, -0.2) is 33.2 Å². The van der Waals surface area contributed by atoms with E-state index in [4.69, 9.17) is 5.11 Å². The average molecular weight is 225 g/mol. The standard InChI is InChI=1S/C10H15N3O3/c1-3-6(2)8(10(15)16)12-9(14)7-4-5-11-13-7/h4-6,8H,3H2,1-2H3,(H,11,13)(H,12,14)(H,15,16)/t6-,8-/m0/s1. The molecule has 0 aliphatic rings. The summed E-state index contributed by atoms with van der Waals surface area (Å²) in [5.74, 6) is -1.60. The van der Waals surface area contributed by atoms with Crippen molar-refractivity contribution in [2.24, 2.45) is 5.92 Å². The Kier molecular flexibility index (Phi) is 4.04. The number of aromatic amines is 1. The van der Waals surface area contributed by atoms with Gasteiger partial charge in [0.05, 0.1) is 0 Å². The molecule has 1 amide bonds. The lowest BCUT2D eigenvalue weighted by Gasteiger charge is -2.19. The molecule has 88 valence electrons. The molecule has 6 heteroatoms. The van der Waals surface area contributed by atoms with Gasteiger partial charge < -0.3 is 10.4 Å². The summed E-state index contributed by atoms with van der Waals surface area (Å²) in [6.07, 6.45) is 2.12. The van der Waals surface area contributed by atoms with Crippen LogP contribution in [0.3, 0.4) is 0 Å². The number of nitrogens with zero attached hydrogens (tertiary/aromatic N) is 1. The van der Waals surface area contributed by atoms with E-state index in [1.165, 1.54) is 12.3 Å². The highest BCUT2D eigenvalue weighted by molar-refractivity contribution is 5.94. The topological polar surface area (TPSA) is 95.1 Å². The third kappa shape index (κ3) is 2.82. The fraction of sp³-hybridized carbons (Fsp3) is 0.500. The van der Waals surface area contributed by atoms with Crippen LogP contribution in [0.4, 0.5) is 0 Å². The number of H-pyrrole nitrogens is 1. The first-order valence-corrected chi connectivity index (χ1v) is 5.09. The number of carboxylic acids is 1. The second-order valence-electron chi connectivity index (χ2n) is 3.65. The van der Waals surface area contributed by atoms with Crippen LogP contribution >= 0.6 is 0 Å². The van der Waals surface area contributed by atoms with Crippen molar-refractivity contribution in [2.45, 2.75) is 26.3 Å². The lowest BCUT2D eigenvalue weighted by molar-refractivity contribution is -0.140. The monoisotopic (exact) mass is 225 g/mol. The largest absolute Gasteiger partial charge is 0.480 e. The van der Waals surface area contributed by atoms with Gasteiger partial charge in [0.25, 0.3) is 5.91 Å². The number of carbonyl (C=O) groups is 2. The van der Waals surface area contributed by atoms with E-state index in [1.807, 2.05) is 6.92 Å². The normalized spacial score (nSPS) is 14.1. The summed E-state index contributed by atoms with van der Waals surface area (Å²) in [6.45, 7) is 3.66. The molecule has 0 aromatic carbocycles. The SMILES string of the molecule is CC[C@H](C)[C@H](NC(=O)c1ccn[nH]1)C(=O)O. The third-order valence-corrected chi connectivity index (χ3v) is 2.51. The highest BCUT2D eigenvalue weighted by atomic mass is 16.4. The molecule has 0 saturated carbocycles. The van der Waals surface area contributed by atoms with Gasteiger partial charge in [0.15, 0.2) is 0 Å². The van der Waals surface area contributed by atoms with E-state index in [0.717, 1.165) is 0 Å². The van der Waals surface area contributed by atoms with E-state index in [1.54, 1.807) is 6.92 Å². The molecule has 0 bridgehead atoms. The van der Waals surface area contributed by atoms with Crippen LogP contribution in [0.15, 0.2) is 12.3 Å². The summed E-state index contributed by atoms with van der Waals surface area (Å²) in [5, 5.41) is 17.6. The predicted molar refractivity (Wildman–Crippen MR) is 56.9 cm³/mol. The minimum atomic E-state index is -1.03. The second-order valence-corrected chi connectivity index (χ2v) is 3.65. The molecule has 0 spiro atoms. The van der Waals surface area contributed by atoms with Gasteiger partial charge >= 0.3 is 5.97 Å². The molecule has 0 saturated heterocycles. The van der Waals surface area contributed by atoms with E-state index >= 15 is 0 Å². The quantitative estimate of drug-likeness (QED) is 0.685. The predicted octanol–water partition coefficient (Wildman–Crippen LogP) is 0.639. The van der Waals surface area contributed by atoms with Crippen molar-refractivity contribution >= 4 is 11.9 Å². The number of aliphatic carboxylic acids is 1. The third-order valence-electron chi connectivity index (χ3n) is 2.51. The minimum Gasteiger partial charge on any atom is -0.480 e. The van der Waals surface area contributed by atoms with E-state index in [2.05, 4.69) is 15.5 Å². The molecule has 1 aromatic rings. The highest BCUT2D eigenvalue weighted by Gasteiger charge is 2.25. The second kappa shape index (κ2) is 5.29. The maximum Gasteiger partial charge on any atom is 0.326 e. The molecular formula is C10H15N3O3. The zero-order valence-corrected chi connectivity index (χ0v) is 9.23. The van der Waals surface area contributed by atoms with Crippen LogP contribution in [0, 0.1) is 5.92 Å². The van der Waals surface area contributed by atoms with E-state index in [0.29, 0.717) is 6.42 Å². The summed E-state index contributed by atoms with van der Waals surface area (Å²) >= 11 is 0. The fourth-order valence-electron chi connectivity index (χ4n) is 1.28. The zero-order chi connectivity index (χ0) is 12.1. The van der Waals surface area contributed by atoms with Crippen LogP contribution in [0.2, 0.25) is 0 Å². The van der Waals surface area contributed by atoms with Gasteiger partial charge in [0.2, 0.25) is 0 Å². The summed E-state index contributed by atoms with van der Waals surface area (Å²) in [7, 11) is 0. The van der Waals surface area contributed by atoms with Gasteiger partial charge in [0.1, 0.15) is 11.7 Å². The van der Waals surface area contributed by atoms with Gasteiger partial charge in [0, 0.05) is 6.20 Å². The summed E-state index contributed by atoms with van der Waals surface area (Å²) in [6, 6.07) is 0.617. The first-order valence-electron chi connectivity index (χ1n) is 5.09. The molecule has 0 aliphatic heterocycles. The Morgan fingerprint density at radius 1 is 1.62 bits per heavy atom. The van der Waals surface area contributed by atoms with Gasteiger partial charge in [-0.2, -0.15) is 5.10 Å². The summed E-state index contributed by atoms with van der Waals surface area (Å²) in [4.78, 5) is 22.6. The number of carbonyl (C=O) groups excluding carboxylic acids is 1. The Morgan fingerprint density at radius 3 is 2.75 bits per heavy atom. The van der Waals surface area contributed by atoms with Crippen molar-refractivity contribution in [3.05, 3.63) is 18.0 Å². The Balaban J connectivity index is 2.69. The lowest BCUT2D eigenvalue weighted by Crippen LogP contribution is -2.45. The van der Waals surface area contributed by atoms with Gasteiger partial charge in [-0.15, -0.1) is 0 Å². The molecule has 3 N–H and O–H groups in total. The van der Waals surface area contributed by atoms with Gasteiger partial charge in [-0.05, 0) is 12.0 Å². The number of amides is 1. The molecule has 0 unspecified atom stereocenters. The van der Waals surface area contributed by atoms with E-state index in [9.17, 15) is 9.59 Å². The molecule has 1 heterocycles. The molecule has 1 aromatic heterocycles. The maximum atomic E-state index is 11.6. The number of rotatable bonds is 5. The Labute approximate surface area is 93.1 Å². The first kappa shape index (κ1) is 12.2. The summed E-state index contributed by atoms with van der Waals surface area (Å²) < 4.78 is 0. The van der Waals surface area contributed by atoms with Crippen LogP contribution in [-0.2, 0) is 4.79 Å². The molecule has 0 fully saturated rings. The van der Waals surface area contributed by atoms with Crippen LogP contribution in [0.25, 0.3) is 0 Å². The Morgan fingerprint density at radius 2 is 2.31 bits per heavy atom. The number of hydrogen-bond donors (Lipinski definition) is 3. The average Bonchev–Trinajstić information content (AvgIpc) is 2.77. The molecule has 0 aliphatic carbocycles. The molecule has 1 rings (SSSR count). The number of aromatic nitrogens is 2. The van der Waals surface area contributed by atoms with Crippen molar-refractivity contribution < 1.29 is 14.7 Å². The molecule has 2 atom stereocenters. The summed E-state index contributed by atoms with van der Waals surface area (Å²) in [5.41, 5.74) is 0.259. The van der Waals surface area contributed by atoms with Crippen molar-refractivity contribution in [1.82, 2.24) is 15.5 Å². The number of nitrogens with one attached hydrogen (secondary N) is 2. The number of hydrogen-bond acceptors (Lipinski definition) is 3. The van der Waals surface area contributed by atoms with Gasteiger partial charge in [-0.1, -0.05) is 20.3 Å². The molecule has 6 nitrogen and oxygen atoms in total. The van der Waals surface area contributed by atoms with Crippen LogP contribution in [0.1, 0.15) is 30.8 Å². The zero-order valence-electron chi connectivity index (χ0n) is 9.23. The number of carboxylic acid groups (broad SMARTS) is 1. The first-order chi connectivity index (χ1) is 7.56. The van der Waals surface area contributed by atoms with Crippen molar-refractivity contribution in [1.29, 1.82) is 0 Å². The molecule has 16 heavy (non-hydrogen) atoms.